The van der Waals surface area contributed by atoms with Gasteiger partial charge in [-0.25, -0.2) is 17.6 Å². The first-order valence-corrected chi connectivity index (χ1v) is 11.1. The summed E-state index contributed by atoms with van der Waals surface area (Å²) in [6.45, 7) is 1.97. The highest BCUT2D eigenvalue weighted by Gasteiger charge is 2.40. The van der Waals surface area contributed by atoms with Crippen molar-refractivity contribution in [1.29, 1.82) is 0 Å². The Bertz CT molecular complexity index is 1090. The van der Waals surface area contributed by atoms with E-state index in [2.05, 4.69) is 5.32 Å². The molecule has 1 aliphatic heterocycles. The number of carbonyl (C=O) groups is 2. The second-order valence-corrected chi connectivity index (χ2v) is 9.08. The van der Waals surface area contributed by atoms with Gasteiger partial charge in [0.15, 0.2) is 0 Å². The van der Waals surface area contributed by atoms with Gasteiger partial charge in [0, 0.05) is 25.5 Å². The Balaban J connectivity index is 1.83. The van der Waals surface area contributed by atoms with Gasteiger partial charge in [0.05, 0.1) is 11.6 Å². The van der Waals surface area contributed by atoms with Crippen molar-refractivity contribution >= 4 is 39.2 Å². The number of amides is 1. The molecule has 1 aliphatic rings. The van der Waals surface area contributed by atoms with E-state index < -0.39 is 33.8 Å². The lowest BCUT2D eigenvalue weighted by atomic mass is 10.2. The van der Waals surface area contributed by atoms with Gasteiger partial charge in [-0.3, -0.25) is 4.79 Å². The molecule has 0 bridgehead atoms. The molecule has 0 aliphatic carbocycles. The highest BCUT2D eigenvalue weighted by molar-refractivity contribution is 7.89. The normalized spacial score (nSPS) is 17.1. The van der Waals surface area contributed by atoms with Crippen molar-refractivity contribution in [3.05, 3.63) is 47.0 Å². The van der Waals surface area contributed by atoms with E-state index in [0.717, 1.165) is 10.4 Å². The molecule has 11 heteroatoms. The number of nitrogens with zero attached hydrogens (tertiary/aromatic N) is 2. The zero-order valence-corrected chi connectivity index (χ0v) is 18.0. The van der Waals surface area contributed by atoms with Crippen LogP contribution in [0.25, 0.3) is 0 Å². The average Bonchev–Trinajstić information content (AvgIpc) is 3.32. The molecule has 30 heavy (non-hydrogen) atoms. The zero-order chi connectivity index (χ0) is 22.1. The van der Waals surface area contributed by atoms with E-state index in [9.17, 15) is 22.4 Å². The Kier molecular flexibility index (Phi) is 6.49. The van der Waals surface area contributed by atoms with Crippen LogP contribution in [0.3, 0.4) is 0 Å². The summed E-state index contributed by atoms with van der Waals surface area (Å²) >= 11 is 5.73. The van der Waals surface area contributed by atoms with Gasteiger partial charge in [0.2, 0.25) is 15.9 Å². The summed E-state index contributed by atoms with van der Waals surface area (Å²) in [5, 5.41) is 2.43. The Morgan fingerprint density at radius 3 is 2.73 bits per heavy atom. The minimum atomic E-state index is -4.03. The van der Waals surface area contributed by atoms with Crippen molar-refractivity contribution < 1.29 is 27.1 Å². The van der Waals surface area contributed by atoms with Crippen LogP contribution in [0.1, 0.15) is 30.3 Å². The fraction of sp³-hybridized carbons (Fsp3) is 0.368. The molecule has 0 radical (unpaired) electrons. The number of aryl methyl sites for hydroxylation is 1. The largest absolute Gasteiger partial charge is 0.461 e. The summed E-state index contributed by atoms with van der Waals surface area (Å²) in [6, 6.07) is 4.01. The molecule has 162 valence electrons. The van der Waals surface area contributed by atoms with Crippen LogP contribution >= 0.6 is 11.6 Å². The highest BCUT2D eigenvalue weighted by Crippen LogP contribution is 2.28. The van der Waals surface area contributed by atoms with Crippen LogP contribution in [0.15, 0.2) is 35.4 Å². The van der Waals surface area contributed by atoms with Crippen LogP contribution in [0.2, 0.25) is 5.02 Å². The van der Waals surface area contributed by atoms with Gasteiger partial charge < -0.3 is 14.6 Å². The van der Waals surface area contributed by atoms with E-state index in [4.69, 9.17) is 16.3 Å². The summed E-state index contributed by atoms with van der Waals surface area (Å²) in [7, 11) is -2.49. The first-order chi connectivity index (χ1) is 14.1. The van der Waals surface area contributed by atoms with Crippen LogP contribution in [0.4, 0.5) is 10.1 Å². The minimum absolute atomic E-state index is 0.0941. The molecule has 0 spiro atoms. The van der Waals surface area contributed by atoms with Gasteiger partial charge in [0.1, 0.15) is 22.4 Å². The first kappa shape index (κ1) is 22.3. The maximum Gasteiger partial charge on any atom is 0.354 e. The van der Waals surface area contributed by atoms with Gasteiger partial charge in [0.25, 0.3) is 0 Å². The first-order valence-electron chi connectivity index (χ1n) is 9.26. The van der Waals surface area contributed by atoms with E-state index in [1.165, 1.54) is 36.0 Å². The number of halogens is 2. The van der Waals surface area contributed by atoms with Crippen molar-refractivity contribution in [3.8, 4) is 0 Å². The second kappa shape index (κ2) is 8.75. The molecule has 2 heterocycles. The van der Waals surface area contributed by atoms with Gasteiger partial charge in [-0.15, -0.1) is 0 Å². The molecular weight excluding hydrogens is 437 g/mol. The monoisotopic (exact) mass is 457 g/mol. The van der Waals surface area contributed by atoms with Crippen LogP contribution in [0, 0.1) is 5.82 Å². The van der Waals surface area contributed by atoms with E-state index in [1.54, 1.807) is 6.92 Å². The number of sulfonamides is 1. The number of nitrogens with one attached hydrogen (secondary N) is 1. The summed E-state index contributed by atoms with van der Waals surface area (Å²) in [5.41, 5.74) is 0.358. The van der Waals surface area contributed by atoms with Gasteiger partial charge >= 0.3 is 5.97 Å². The summed E-state index contributed by atoms with van der Waals surface area (Å²) < 4.78 is 47.0. The summed E-state index contributed by atoms with van der Waals surface area (Å²) in [4.78, 5) is 24.6. The van der Waals surface area contributed by atoms with Gasteiger partial charge in [-0.1, -0.05) is 11.6 Å². The van der Waals surface area contributed by atoms with Gasteiger partial charge in [-0.05, 0) is 44.0 Å². The average molecular weight is 458 g/mol. The van der Waals surface area contributed by atoms with E-state index in [0.29, 0.717) is 12.8 Å². The van der Waals surface area contributed by atoms with E-state index in [1.807, 2.05) is 0 Å². The molecule has 0 saturated carbocycles. The molecular formula is C19H21ClFN3O5S. The van der Waals surface area contributed by atoms with Gasteiger partial charge in [-0.2, -0.15) is 4.31 Å². The molecule has 1 amide bonds. The predicted octanol–water partition coefficient (Wildman–Crippen LogP) is 2.79. The third-order valence-electron chi connectivity index (χ3n) is 4.76. The lowest BCUT2D eigenvalue weighted by molar-refractivity contribution is -0.119. The molecule has 8 nitrogen and oxygen atoms in total. The van der Waals surface area contributed by atoms with Crippen LogP contribution < -0.4 is 5.32 Å². The minimum Gasteiger partial charge on any atom is -0.461 e. The van der Waals surface area contributed by atoms with Crippen molar-refractivity contribution in [2.45, 2.75) is 30.7 Å². The number of hydrogen-bond donors (Lipinski definition) is 1. The molecule has 1 N–H and O–H groups in total. The van der Waals surface area contributed by atoms with Crippen LogP contribution in [0.5, 0.6) is 0 Å². The smallest absolute Gasteiger partial charge is 0.354 e. The van der Waals surface area contributed by atoms with E-state index in [-0.39, 0.29) is 34.5 Å². The third kappa shape index (κ3) is 4.35. The Hall–Kier alpha value is -2.43. The molecule has 1 fully saturated rings. The summed E-state index contributed by atoms with van der Waals surface area (Å²) in [6.07, 6.45) is 2.14. The van der Waals surface area contributed by atoms with E-state index >= 15 is 0 Å². The standard InChI is InChI=1S/C19H21ClFN3O5S/c1-3-29-19(26)17-10-13(11-23(17)2)30(27,28)24-8-4-5-16(24)18(25)22-12-6-7-15(21)14(20)9-12/h6-7,9-11,16H,3-5,8H2,1-2H3,(H,22,25)/t16-/m1/s1. The quantitative estimate of drug-likeness (QED) is 0.672. The number of ether oxygens (including phenoxy) is 1. The third-order valence-corrected chi connectivity index (χ3v) is 6.93. The molecule has 3 rings (SSSR count). The fourth-order valence-electron chi connectivity index (χ4n) is 3.31. The Morgan fingerprint density at radius 2 is 2.07 bits per heavy atom. The second-order valence-electron chi connectivity index (χ2n) is 6.78. The number of esters is 1. The topological polar surface area (TPSA) is 97.7 Å². The SMILES string of the molecule is CCOC(=O)c1cc(S(=O)(=O)N2CCC[C@@H]2C(=O)Nc2ccc(F)c(Cl)c2)cn1C. The number of anilines is 1. The Morgan fingerprint density at radius 1 is 1.33 bits per heavy atom. The van der Waals surface area contributed by atoms with Crippen LogP contribution in [-0.4, -0.2) is 48.4 Å². The highest BCUT2D eigenvalue weighted by atomic mass is 35.5. The molecule has 0 unspecified atom stereocenters. The predicted molar refractivity (Wildman–Crippen MR) is 108 cm³/mol. The van der Waals surface area contributed by atoms with Crippen molar-refractivity contribution in [3.63, 3.8) is 0 Å². The fourth-order valence-corrected chi connectivity index (χ4v) is 5.22. The molecule has 1 aromatic heterocycles. The number of hydrogen-bond acceptors (Lipinski definition) is 5. The zero-order valence-electron chi connectivity index (χ0n) is 16.4. The maximum atomic E-state index is 13.3. The molecule has 1 atom stereocenters. The lowest BCUT2D eigenvalue weighted by Crippen LogP contribution is -2.43. The molecule has 1 aromatic carbocycles. The number of benzene rings is 1. The molecule has 2 aromatic rings. The molecule has 1 saturated heterocycles. The van der Waals surface area contributed by atoms with Crippen molar-refractivity contribution in [1.82, 2.24) is 8.87 Å². The summed E-state index contributed by atoms with van der Waals surface area (Å²) in [5.74, 6) is -1.80. The lowest BCUT2D eigenvalue weighted by Gasteiger charge is -2.23. The Labute approximate surface area is 178 Å². The van der Waals surface area contributed by atoms with Crippen molar-refractivity contribution in [2.75, 3.05) is 18.5 Å². The van der Waals surface area contributed by atoms with Crippen molar-refractivity contribution in [2.24, 2.45) is 7.05 Å². The van der Waals surface area contributed by atoms with Crippen LogP contribution in [-0.2, 0) is 26.6 Å². The maximum absolute atomic E-state index is 13.3. The number of rotatable bonds is 6. The number of aromatic nitrogens is 1. The number of carbonyl (C=O) groups excluding carboxylic acids is 2.